The summed E-state index contributed by atoms with van der Waals surface area (Å²) in [6.45, 7) is 4.68. The first-order valence-electron chi connectivity index (χ1n) is 5.87. The van der Waals surface area contributed by atoms with Crippen LogP contribution in [0.15, 0.2) is 0 Å². The molecular weight excluding hydrogens is 238 g/mol. The molecule has 0 aromatic carbocycles. The Morgan fingerprint density at radius 2 is 2.00 bits per heavy atom. The fourth-order valence-electron chi connectivity index (χ4n) is 2.28. The van der Waals surface area contributed by atoms with Gasteiger partial charge in [-0.2, -0.15) is 0 Å². The van der Waals surface area contributed by atoms with Crippen molar-refractivity contribution in [1.29, 1.82) is 0 Å². The van der Waals surface area contributed by atoms with E-state index in [4.69, 9.17) is 11.6 Å². The van der Waals surface area contributed by atoms with E-state index in [0.29, 0.717) is 16.9 Å². The van der Waals surface area contributed by atoms with Crippen LogP contribution in [-0.2, 0) is 0 Å². The van der Waals surface area contributed by atoms with Gasteiger partial charge in [0, 0.05) is 19.2 Å². The quantitative estimate of drug-likeness (QED) is 0.839. The van der Waals surface area contributed by atoms with Crippen LogP contribution in [0.4, 0.5) is 5.82 Å². The minimum atomic E-state index is -0.106. The summed E-state index contributed by atoms with van der Waals surface area (Å²) in [5.41, 5.74) is 0.916. The first kappa shape index (κ1) is 12.6. The van der Waals surface area contributed by atoms with Crippen molar-refractivity contribution >= 4 is 17.4 Å². The van der Waals surface area contributed by atoms with Crippen LogP contribution in [0.2, 0.25) is 5.15 Å². The largest absolute Gasteiger partial charge is 0.393 e. The smallest absolute Gasteiger partial charge is 0.137 e. The highest BCUT2D eigenvalue weighted by Gasteiger charge is 2.28. The molecule has 1 saturated carbocycles. The summed E-state index contributed by atoms with van der Waals surface area (Å²) in [6.07, 6.45) is 1.67. The maximum atomic E-state index is 9.28. The molecule has 17 heavy (non-hydrogen) atoms. The SMILES string of the molecule is Cc1nc(Cl)c(C)c(N(C)CC2CC(O)C2)n1. The predicted molar refractivity (Wildman–Crippen MR) is 68.5 cm³/mol. The zero-order valence-electron chi connectivity index (χ0n) is 10.4. The van der Waals surface area contributed by atoms with Crippen molar-refractivity contribution < 1.29 is 5.11 Å². The van der Waals surface area contributed by atoms with E-state index in [0.717, 1.165) is 30.8 Å². The van der Waals surface area contributed by atoms with E-state index in [9.17, 15) is 5.11 Å². The number of aliphatic hydroxyl groups is 1. The zero-order valence-corrected chi connectivity index (χ0v) is 11.2. The number of rotatable bonds is 3. The summed E-state index contributed by atoms with van der Waals surface area (Å²) in [4.78, 5) is 10.7. The summed E-state index contributed by atoms with van der Waals surface area (Å²) in [6, 6.07) is 0. The molecular formula is C12H18ClN3O. The highest BCUT2D eigenvalue weighted by molar-refractivity contribution is 6.30. The summed E-state index contributed by atoms with van der Waals surface area (Å²) in [5, 5.41) is 9.80. The fourth-order valence-corrected chi connectivity index (χ4v) is 2.48. The number of aryl methyl sites for hydroxylation is 1. The second-order valence-electron chi connectivity index (χ2n) is 4.88. The van der Waals surface area contributed by atoms with Gasteiger partial charge in [0.25, 0.3) is 0 Å². The molecule has 1 aliphatic rings. The number of aromatic nitrogens is 2. The maximum absolute atomic E-state index is 9.28. The van der Waals surface area contributed by atoms with Crippen molar-refractivity contribution in [2.45, 2.75) is 32.8 Å². The van der Waals surface area contributed by atoms with Crippen LogP contribution >= 0.6 is 11.6 Å². The molecule has 0 atom stereocenters. The average molecular weight is 256 g/mol. The monoisotopic (exact) mass is 255 g/mol. The second kappa shape index (κ2) is 4.78. The molecule has 94 valence electrons. The molecule has 1 aromatic heterocycles. The Labute approximate surface area is 107 Å². The minimum Gasteiger partial charge on any atom is -0.393 e. The highest BCUT2D eigenvalue weighted by Crippen LogP contribution is 2.30. The molecule has 1 heterocycles. The molecule has 0 radical (unpaired) electrons. The number of halogens is 1. The molecule has 0 amide bonds. The summed E-state index contributed by atoms with van der Waals surface area (Å²) in [5.74, 6) is 2.14. The van der Waals surface area contributed by atoms with Gasteiger partial charge in [-0.3, -0.25) is 0 Å². The van der Waals surface area contributed by atoms with Gasteiger partial charge in [0.15, 0.2) is 0 Å². The van der Waals surface area contributed by atoms with E-state index in [-0.39, 0.29) is 6.10 Å². The standard InChI is InChI=1S/C12H18ClN3O/c1-7-11(13)14-8(2)15-12(7)16(3)6-9-4-10(17)5-9/h9-10,17H,4-6H2,1-3H3. The van der Waals surface area contributed by atoms with Gasteiger partial charge < -0.3 is 10.0 Å². The first-order chi connectivity index (χ1) is 7.97. The second-order valence-corrected chi connectivity index (χ2v) is 5.24. The van der Waals surface area contributed by atoms with Gasteiger partial charge in [0.1, 0.15) is 16.8 Å². The molecule has 0 saturated heterocycles. The number of hydrogen-bond donors (Lipinski definition) is 1. The van der Waals surface area contributed by atoms with Gasteiger partial charge in [-0.15, -0.1) is 0 Å². The third kappa shape index (κ3) is 2.69. The van der Waals surface area contributed by atoms with Gasteiger partial charge in [-0.25, -0.2) is 9.97 Å². The molecule has 1 aromatic rings. The van der Waals surface area contributed by atoms with Crippen LogP contribution in [-0.4, -0.2) is 34.8 Å². The van der Waals surface area contributed by atoms with E-state index in [1.165, 1.54) is 0 Å². The van der Waals surface area contributed by atoms with Crippen LogP contribution in [0, 0.1) is 19.8 Å². The van der Waals surface area contributed by atoms with Crippen LogP contribution in [0.25, 0.3) is 0 Å². The third-order valence-corrected chi connectivity index (χ3v) is 3.64. The van der Waals surface area contributed by atoms with Crippen LogP contribution in [0.5, 0.6) is 0 Å². The third-order valence-electron chi connectivity index (χ3n) is 3.28. The van der Waals surface area contributed by atoms with E-state index in [1.54, 1.807) is 0 Å². The lowest BCUT2D eigenvalue weighted by Gasteiger charge is -2.35. The lowest BCUT2D eigenvalue weighted by atomic mass is 9.82. The van der Waals surface area contributed by atoms with E-state index < -0.39 is 0 Å². The number of nitrogens with zero attached hydrogens (tertiary/aromatic N) is 3. The minimum absolute atomic E-state index is 0.106. The van der Waals surface area contributed by atoms with Crippen molar-refractivity contribution in [3.8, 4) is 0 Å². The Bertz CT molecular complexity index is 418. The predicted octanol–water partition coefficient (Wildman–Crippen LogP) is 1.95. The Hall–Kier alpha value is -0.870. The molecule has 1 N–H and O–H groups in total. The molecule has 0 bridgehead atoms. The average Bonchev–Trinajstić information content (AvgIpc) is 2.21. The zero-order chi connectivity index (χ0) is 12.6. The van der Waals surface area contributed by atoms with Crippen LogP contribution in [0.1, 0.15) is 24.2 Å². The molecule has 5 heteroatoms. The summed E-state index contributed by atoms with van der Waals surface area (Å²) < 4.78 is 0. The number of hydrogen-bond acceptors (Lipinski definition) is 4. The van der Waals surface area contributed by atoms with Gasteiger partial charge >= 0.3 is 0 Å². The molecule has 1 aliphatic carbocycles. The van der Waals surface area contributed by atoms with Crippen molar-refractivity contribution in [2.24, 2.45) is 5.92 Å². The summed E-state index contributed by atoms with van der Waals surface area (Å²) in [7, 11) is 2.01. The van der Waals surface area contributed by atoms with Crippen molar-refractivity contribution in [3.63, 3.8) is 0 Å². The normalized spacial score (nSPS) is 23.4. The van der Waals surface area contributed by atoms with E-state index in [2.05, 4.69) is 14.9 Å². The number of aliphatic hydroxyl groups excluding tert-OH is 1. The maximum Gasteiger partial charge on any atom is 0.137 e. The molecule has 0 aliphatic heterocycles. The Kier molecular flexibility index (Phi) is 3.54. The molecule has 4 nitrogen and oxygen atoms in total. The van der Waals surface area contributed by atoms with Crippen molar-refractivity contribution in [3.05, 3.63) is 16.5 Å². The fraction of sp³-hybridized carbons (Fsp3) is 0.667. The highest BCUT2D eigenvalue weighted by atomic mass is 35.5. The van der Waals surface area contributed by atoms with Crippen LogP contribution < -0.4 is 4.90 Å². The Morgan fingerprint density at radius 1 is 1.35 bits per heavy atom. The topological polar surface area (TPSA) is 49.2 Å². The van der Waals surface area contributed by atoms with Crippen molar-refractivity contribution in [1.82, 2.24) is 9.97 Å². The van der Waals surface area contributed by atoms with Gasteiger partial charge in [0.2, 0.25) is 0 Å². The van der Waals surface area contributed by atoms with E-state index in [1.807, 2.05) is 20.9 Å². The van der Waals surface area contributed by atoms with Crippen LogP contribution in [0.3, 0.4) is 0 Å². The van der Waals surface area contributed by atoms with Crippen molar-refractivity contribution in [2.75, 3.05) is 18.5 Å². The lowest BCUT2D eigenvalue weighted by molar-refractivity contribution is 0.0464. The van der Waals surface area contributed by atoms with E-state index >= 15 is 0 Å². The molecule has 2 rings (SSSR count). The lowest BCUT2D eigenvalue weighted by Crippen LogP contribution is -2.37. The molecule has 0 unspecified atom stereocenters. The Morgan fingerprint density at radius 3 is 2.59 bits per heavy atom. The van der Waals surface area contributed by atoms with Gasteiger partial charge in [-0.05, 0) is 32.6 Å². The first-order valence-corrected chi connectivity index (χ1v) is 6.25. The van der Waals surface area contributed by atoms with Gasteiger partial charge in [-0.1, -0.05) is 11.6 Å². The van der Waals surface area contributed by atoms with Gasteiger partial charge in [0.05, 0.1) is 6.10 Å². The molecule has 1 fully saturated rings. The molecule has 0 spiro atoms. The number of anilines is 1. The Balaban J connectivity index is 2.10. The summed E-state index contributed by atoms with van der Waals surface area (Å²) >= 11 is 6.05.